The monoisotopic (exact) mass is 285 g/mol. The van der Waals surface area contributed by atoms with Gasteiger partial charge in [-0.25, -0.2) is 0 Å². The Bertz CT molecular complexity index is 230. The van der Waals surface area contributed by atoms with Gasteiger partial charge in [-0.05, 0) is 47.0 Å². The highest BCUT2D eigenvalue weighted by atomic mass is 16.5. The molecule has 0 saturated carbocycles. The summed E-state index contributed by atoms with van der Waals surface area (Å²) in [4.78, 5) is 7.40. The van der Waals surface area contributed by atoms with E-state index in [2.05, 4.69) is 42.6 Å². The first-order chi connectivity index (χ1) is 9.61. The van der Waals surface area contributed by atoms with Crippen LogP contribution < -0.4 is 0 Å². The summed E-state index contributed by atoms with van der Waals surface area (Å²) in [5.41, 5.74) is 0. The quantitative estimate of drug-likeness (QED) is 0.609. The Labute approximate surface area is 126 Å². The summed E-state index contributed by atoms with van der Waals surface area (Å²) in [5, 5.41) is 0. The molecule has 20 heavy (non-hydrogen) atoms. The Balaban J connectivity index is 1.96. The van der Waals surface area contributed by atoms with Crippen LogP contribution in [0.25, 0.3) is 0 Å². The predicted molar refractivity (Wildman–Crippen MR) is 86.4 cm³/mol. The summed E-state index contributed by atoms with van der Waals surface area (Å²) in [6.07, 6.45) is 4.07. The first kappa shape index (κ1) is 17.9. The summed E-state index contributed by atoms with van der Waals surface area (Å²) in [5.74, 6) is 0. The average Bonchev–Trinajstić information content (AvgIpc) is 2.41. The summed E-state index contributed by atoms with van der Waals surface area (Å²) < 4.78 is 5.80. The van der Waals surface area contributed by atoms with Crippen molar-refractivity contribution in [2.45, 2.75) is 39.2 Å². The van der Waals surface area contributed by atoms with Gasteiger partial charge in [0.2, 0.25) is 0 Å². The Hall–Kier alpha value is -0.160. The lowest BCUT2D eigenvalue weighted by Crippen LogP contribution is -2.45. The van der Waals surface area contributed by atoms with Crippen molar-refractivity contribution in [3.05, 3.63) is 0 Å². The molecule has 1 atom stereocenters. The lowest BCUT2D eigenvalue weighted by molar-refractivity contribution is 0.0464. The van der Waals surface area contributed by atoms with Gasteiger partial charge < -0.3 is 19.4 Å². The number of rotatable bonds is 10. The molecule has 1 unspecified atom stereocenters. The highest BCUT2D eigenvalue weighted by Crippen LogP contribution is 2.02. The smallest absolute Gasteiger partial charge is 0.0596 e. The number of piperazine rings is 1. The van der Waals surface area contributed by atoms with Gasteiger partial charge in [0.15, 0.2) is 0 Å². The maximum absolute atomic E-state index is 5.80. The van der Waals surface area contributed by atoms with Crippen LogP contribution in [-0.4, -0.2) is 87.3 Å². The molecule has 0 aromatic heterocycles. The first-order valence-corrected chi connectivity index (χ1v) is 8.33. The van der Waals surface area contributed by atoms with Gasteiger partial charge in [-0.15, -0.1) is 0 Å². The molecule has 0 amide bonds. The Kier molecular flexibility index (Phi) is 9.44. The molecule has 4 nitrogen and oxygen atoms in total. The topological polar surface area (TPSA) is 19.0 Å². The number of ether oxygens (including phenoxy) is 1. The van der Waals surface area contributed by atoms with E-state index < -0.39 is 0 Å². The van der Waals surface area contributed by atoms with Gasteiger partial charge >= 0.3 is 0 Å². The Morgan fingerprint density at radius 2 is 1.85 bits per heavy atom. The van der Waals surface area contributed by atoms with Gasteiger partial charge in [0.25, 0.3) is 0 Å². The van der Waals surface area contributed by atoms with Crippen molar-refractivity contribution >= 4 is 0 Å². The van der Waals surface area contributed by atoms with Gasteiger partial charge in [-0.3, -0.25) is 0 Å². The largest absolute Gasteiger partial charge is 0.377 e. The van der Waals surface area contributed by atoms with E-state index in [1.807, 2.05) is 0 Å². The Morgan fingerprint density at radius 3 is 2.50 bits per heavy atom. The molecule has 4 heteroatoms. The van der Waals surface area contributed by atoms with Crippen LogP contribution in [0, 0.1) is 0 Å². The molecule has 120 valence electrons. The molecule has 1 rings (SSSR count). The van der Waals surface area contributed by atoms with E-state index in [-0.39, 0.29) is 0 Å². The van der Waals surface area contributed by atoms with Gasteiger partial charge in [-0.2, -0.15) is 0 Å². The maximum atomic E-state index is 5.80. The van der Waals surface area contributed by atoms with Crippen LogP contribution in [-0.2, 0) is 4.74 Å². The van der Waals surface area contributed by atoms with Crippen molar-refractivity contribution in [1.82, 2.24) is 14.7 Å². The van der Waals surface area contributed by atoms with Crippen molar-refractivity contribution < 1.29 is 4.74 Å². The third-order valence-corrected chi connectivity index (χ3v) is 4.18. The van der Waals surface area contributed by atoms with Crippen LogP contribution in [0.1, 0.15) is 33.1 Å². The van der Waals surface area contributed by atoms with Crippen molar-refractivity contribution in [3.8, 4) is 0 Å². The van der Waals surface area contributed by atoms with E-state index in [0.717, 1.165) is 13.2 Å². The number of hydrogen-bond donors (Lipinski definition) is 0. The minimum absolute atomic E-state index is 0.415. The number of nitrogens with zero attached hydrogens (tertiary/aromatic N) is 3. The van der Waals surface area contributed by atoms with E-state index in [0.29, 0.717) is 6.10 Å². The molecule has 0 aromatic carbocycles. The zero-order valence-corrected chi connectivity index (χ0v) is 14.1. The fraction of sp³-hybridized carbons (Fsp3) is 1.00. The summed E-state index contributed by atoms with van der Waals surface area (Å²) in [6, 6.07) is 0. The normalized spacial score (nSPS) is 19.6. The van der Waals surface area contributed by atoms with Crippen LogP contribution in [0.4, 0.5) is 0 Å². The molecule has 1 saturated heterocycles. The van der Waals surface area contributed by atoms with Crippen LogP contribution in [0.15, 0.2) is 0 Å². The molecule has 0 aromatic rings. The molecule has 1 heterocycles. The fourth-order valence-electron chi connectivity index (χ4n) is 2.65. The summed E-state index contributed by atoms with van der Waals surface area (Å²) in [7, 11) is 4.42. The zero-order chi connectivity index (χ0) is 14.8. The Morgan fingerprint density at radius 1 is 1.15 bits per heavy atom. The van der Waals surface area contributed by atoms with Crippen LogP contribution in [0.3, 0.4) is 0 Å². The van der Waals surface area contributed by atoms with Gasteiger partial charge in [0, 0.05) is 32.7 Å². The van der Waals surface area contributed by atoms with Crippen LogP contribution in [0.5, 0.6) is 0 Å². The SMILES string of the molecule is CCCC(C)OCCN(C)CCCN1CCN(C)CC1. The maximum Gasteiger partial charge on any atom is 0.0596 e. The fourth-order valence-corrected chi connectivity index (χ4v) is 2.65. The lowest BCUT2D eigenvalue weighted by atomic mass is 10.2. The molecule has 0 N–H and O–H groups in total. The lowest BCUT2D eigenvalue weighted by Gasteiger charge is -2.32. The molecule has 0 aliphatic carbocycles. The molecule has 1 aliphatic rings. The van der Waals surface area contributed by atoms with Crippen LogP contribution >= 0.6 is 0 Å². The van der Waals surface area contributed by atoms with E-state index in [1.54, 1.807) is 0 Å². The van der Waals surface area contributed by atoms with Crippen molar-refractivity contribution in [1.29, 1.82) is 0 Å². The highest BCUT2D eigenvalue weighted by Gasteiger charge is 2.13. The zero-order valence-electron chi connectivity index (χ0n) is 14.1. The van der Waals surface area contributed by atoms with Gasteiger partial charge in [0.1, 0.15) is 0 Å². The standard InChI is InChI=1S/C16H35N3O/c1-5-7-16(2)20-15-14-17(3)8-6-9-19-12-10-18(4)11-13-19/h16H,5-15H2,1-4H3. The van der Waals surface area contributed by atoms with Crippen molar-refractivity contribution in [3.63, 3.8) is 0 Å². The highest BCUT2D eigenvalue weighted by molar-refractivity contribution is 4.69. The average molecular weight is 285 g/mol. The third-order valence-electron chi connectivity index (χ3n) is 4.18. The van der Waals surface area contributed by atoms with Gasteiger partial charge in [0.05, 0.1) is 12.7 Å². The van der Waals surface area contributed by atoms with Crippen LogP contribution in [0.2, 0.25) is 0 Å². The second-order valence-electron chi connectivity index (χ2n) is 6.27. The molecule has 0 radical (unpaired) electrons. The number of likely N-dealkylation sites (N-methyl/N-ethyl adjacent to an activating group) is 2. The molecular formula is C16H35N3O. The second kappa shape index (κ2) is 10.6. The second-order valence-corrected chi connectivity index (χ2v) is 6.27. The molecular weight excluding hydrogens is 250 g/mol. The summed E-state index contributed by atoms with van der Waals surface area (Å²) >= 11 is 0. The minimum atomic E-state index is 0.415. The molecule has 0 spiro atoms. The minimum Gasteiger partial charge on any atom is -0.377 e. The van der Waals surface area contributed by atoms with Gasteiger partial charge in [-0.1, -0.05) is 13.3 Å². The van der Waals surface area contributed by atoms with E-state index in [1.165, 1.54) is 58.5 Å². The summed E-state index contributed by atoms with van der Waals surface area (Å²) in [6.45, 7) is 13.6. The van der Waals surface area contributed by atoms with Crippen molar-refractivity contribution in [2.24, 2.45) is 0 Å². The molecule has 0 bridgehead atoms. The van der Waals surface area contributed by atoms with E-state index in [9.17, 15) is 0 Å². The molecule has 1 fully saturated rings. The number of hydrogen-bond acceptors (Lipinski definition) is 4. The predicted octanol–water partition coefficient (Wildman–Crippen LogP) is 1.76. The van der Waals surface area contributed by atoms with E-state index >= 15 is 0 Å². The third kappa shape index (κ3) is 8.20. The first-order valence-electron chi connectivity index (χ1n) is 8.33. The van der Waals surface area contributed by atoms with Crippen molar-refractivity contribution in [2.75, 3.05) is 66.5 Å². The molecule has 1 aliphatic heterocycles. The van der Waals surface area contributed by atoms with E-state index in [4.69, 9.17) is 4.74 Å².